The standard InChI is InChI=1S/C16H22N4O2/c1-10(2)20-16(21)7-13-8-19(6-5-14(13)18-20)9-15-17-11(3)12(4)22-15/h7,10H,5-6,8-9H2,1-4H3. The number of hydrogen-bond donors (Lipinski definition) is 0. The molecule has 0 spiro atoms. The van der Waals surface area contributed by atoms with E-state index in [1.807, 2.05) is 27.7 Å². The fourth-order valence-corrected chi connectivity index (χ4v) is 2.78. The second kappa shape index (κ2) is 5.68. The number of fused-ring (bicyclic) bond motifs is 1. The van der Waals surface area contributed by atoms with Crippen LogP contribution in [-0.2, 0) is 19.5 Å². The first kappa shape index (κ1) is 15.0. The van der Waals surface area contributed by atoms with Crippen LogP contribution in [0.4, 0.5) is 0 Å². The van der Waals surface area contributed by atoms with Gasteiger partial charge in [0.1, 0.15) is 5.76 Å². The van der Waals surface area contributed by atoms with E-state index in [9.17, 15) is 4.79 Å². The quantitative estimate of drug-likeness (QED) is 0.867. The maximum absolute atomic E-state index is 12.1. The lowest BCUT2D eigenvalue weighted by Gasteiger charge is -2.27. The molecule has 3 heterocycles. The summed E-state index contributed by atoms with van der Waals surface area (Å²) < 4.78 is 7.21. The van der Waals surface area contributed by atoms with Crippen molar-refractivity contribution >= 4 is 0 Å². The van der Waals surface area contributed by atoms with E-state index in [0.29, 0.717) is 6.54 Å². The first-order valence-electron chi connectivity index (χ1n) is 7.71. The van der Waals surface area contributed by atoms with E-state index < -0.39 is 0 Å². The minimum atomic E-state index is -0.0292. The molecule has 0 unspecified atom stereocenters. The molecule has 22 heavy (non-hydrogen) atoms. The Balaban J connectivity index is 1.79. The van der Waals surface area contributed by atoms with E-state index in [0.717, 1.165) is 48.1 Å². The van der Waals surface area contributed by atoms with Crippen LogP contribution < -0.4 is 5.56 Å². The molecule has 0 N–H and O–H groups in total. The van der Waals surface area contributed by atoms with Gasteiger partial charge in [0.05, 0.1) is 24.0 Å². The fraction of sp³-hybridized carbons (Fsp3) is 0.562. The first-order valence-corrected chi connectivity index (χ1v) is 7.71. The topological polar surface area (TPSA) is 64.2 Å². The molecule has 2 aromatic rings. The molecule has 0 aliphatic carbocycles. The van der Waals surface area contributed by atoms with Crippen molar-refractivity contribution in [1.82, 2.24) is 19.7 Å². The molecule has 118 valence electrons. The van der Waals surface area contributed by atoms with Crippen LogP contribution >= 0.6 is 0 Å². The van der Waals surface area contributed by atoms with E-state index >= 15 is 0 Å². The molecular weight excluding hydrogens is 280 g/mol. The number of hydrogen-bond acceptors (Lipinski definition) is 5. The van der Waals surface area contributed by atoms with E-state index in [4.69, 9.17) is 4.42 Å². The smallest absolute Gasteiger partial charge is 0.267 e. The molecule has 2 aromatic heterocycles. The third-order valence-corrected chi connectivity index (χ3v) is 4.10. The summed E-state index contributed by atoms with van der Waals surface area (Å²) in [6.45, 7) is 10.1. The van der Waals surface area contributed by atoms with Crippen LogP contribution in [0.25, 0.3) is 0 Å². The Morgan fingerprint density at radius 2 is 2.14 bits per heavy atom. The van der Waals surface area contributed by atoms with E-state index in [1.165, 1.54) is 0 Å². The molecule has 0 amide bonds. The largest absolute Gasteiger partial charge is 0.444 e. The van der Waals surface area contributed by atoms with Crippen molar-refractivity contribution in [3.8, 4) is 0 Å². The maximum atomic E-state index is 12.1. The summed E-state index contributed by atoms with van der Waals surface area (Å²) in [5.41, 5.74) is 2.96. The fourth-order valence-electron chi connectivity index (χ4n) is 2.78. The van der Waals surface area contributed by atoms with Crippen LogP contribution in [0.15, 0.2) is 15.3 Å². The van der Waals surface area contributed by atoms with Gasteiger partial charge in [-0.2, -0.15) is 5.10 Å². The van der Waals surface area contributed by atoms with E-state index in [2.05, 4.69) is 15.0 Å². The summed E-state index contributed by atoms with van der Waals surface area (Å²) in [5.74, 6) is 1.61. The van der Waals surface area contributed by atoms with Crippen LogP contribution in [0.5, 0.6) is 0 Å². The van der Waals surface area contributed by atoms with Gasteiger partial charge in [-0.15, -0.1) is 0 Å². The zero-order valence-electron chi connectivity index (χ0n) is 13.6. The Morgan fingerprint density at radius 3 is 2.77 bits per heavy atom. The van der Waals surface area contributed by atoms with Gasteiger partial charge >= 0.3 is 0 Å². The summed E-state index contributed by atoms with van der Waals surface area (Å²) in [5, 5.41) is 4.51. The van der Waals surface area contributed by atoms with Gasteiger partial charge in [0.2, 0.25) is 5.89 Å². The van der Waals surface area contributed by atoms with Gasteiger partial charge in [0.25, 0.3) is 5.56 Å². The Labute approximate surface area is 129 Å². The lowest BCUT2D eigenvalue weighted by Crippen LogP contribution is -2.35. The molecule has 6 heteroatoms. The Bertz CT molecular complexity index is 726. The number of aromatic nitrogens is 3. The highest BCUT2D eigenvalue weighted by Crippen LogP contribution is 2.19. The summed E-state index contributed by atoms with van der Waals surface area (Å²) in [6, 6.07) is 1.81. The van der Waals surface area contributed by atoms with Crippen molar-refractivity contribution in [2.24, 2.45) is 0 Å². The first-order chi connectivity index (χ1) is 10.4. The van der Waals surface area contributed by atoms with Gasteiger partial charge in [-0.1, -0.05) is 0 Å². The third-order valence-electron chi connectivity index (χ3n) is 4.10. The van der Waals surface area contributed by atoms with Gasteiger partial charge in [0, 0.05) is 25.6 Å². The predicted molar refractivity (Wildman–Crippen MR) is 82.7 cm³/mol. The normalized spacial score (nSPS) is 15.3. The van der Waals surface area contributed by atoms with Crippen LogP contribution in [0.3, 0.4) is 0 Å². The third kappa shape index (κ3) is 2.83. The second-order valence-corrected chi connectivity index (χ2v) is 6.20. The van der Waals surface area contributed by atoms with Crippen LogP contribution in [0.2, 0.25) is 0 Å². The molecule has 1 aliphatic rings. The highest BCUT2D eigenvalue weighted by atomic mass is 16.4. The SMILES string of the molecule is Cc1nc(CN2CCc3nn(C(C)C)c(=O)cc3C2)oc1C. The molecule has 6 nitrogen and oxygen atoms in total. The second-order valence-electron chi connectivity index (χ2n) is 6.20. The lowest BCUT2D eigenvalue weighted by molar-refractivity contribution is 0.216. The lowest BCUT2D eigenvalue weighted by atomic mass is 10.1. The van der Waals surface area contributed by atoms with Gasteiger partial charge in [0.15, 0.2) is 0 Å². The number of rotatable bonds is 3. The molecule has 0 saturated heterocycles. The Morgan fingerprint density at radius 1 is 1.36 bits per heavy atom. The predicted octanol–water partition coefficient (Wildman–Crippen LogP) is 1.99. The maximum Gasteiger partial charge on any atom is 0.267 e. The molecule has 3 rings (SSSR count). The molecule has 0 radical (unpaired) electrons. The Hall–Kier alpha value is -1.95. The molecule has 1 aliphatic heterocycles. The number of aryl methyl sites for hydroxylation is 2. The average Bonchev–Trinajstić information content (AvgIpc) is 2.76. The van der Waals surface area contributed by atoms with Gasteiger partial charge in [-0.3, -0.25) is 9.69 Å². The van der Waals surface area contributed by atoms with Gasteiger partial charge in [-0.05, 0) is 33.3 Å². The van der Waals surface area contributed by atoms with Crippen molar-refractivity contribution in [3.63, 3.8) is 0 Å². The highest BCUT2D eigenvalue weighted by Gasteiger charge is 2.21. The molecule has 0 aromatic carbocycles. The van der Waals surface area contributed by atoms with Gasteiger partial charge < -0.3 is 4.42 Å². The van der Waals surface area contributed by atoms with Crippen molar-refractivity contribution in [3.05, 3.63) is 45.0 Å². The summed E-state index contributed by atoms with van der Waals surface area (Å²) >= 11 is 0. The minimum Gasteiger partial charge on any atom is -0.444 e. The van der Waals surface area contributed by atoms with E-state index in [1.54, 1.807) is 10.7 Å². The number of nitrogens with zero attached hydrogens (tertiary/aromatic N) is 4. The molecular formula is C16H22N4O2. The van der Waals surface area contributed by atoms with E-state index in [-0.39, 0.29) is 11.6 Å². The van der Waals surface area contributed by atoms with Gasteiger partial charge in [-0.25, -0.2) is 9.67 Å². The van der Waals surface area contributed by atoms with Crippen LogP contribution in [0, 0.1) is 13.8 Å². The molecule has 0 saturated carbocycles. The monoisotopic (exact) mass is 302 g/mol. The van der Waals surface area contributed by atoms with Crippen LogP contribution in [0.1, 0.15) is 48.5 Å². The van der Waals surface area contributed by atoms with Crippen molar-refractivity contribution in [1.29, 1.82) is 0 Å². The highest BCUT2D eigenvalue weighted by molar-refractivity contribution is 5.21. The molecule has 0 fully saturated rings. The number of oxazole rings is 1. The minimum absolute atomic E-state index is 0.0292. The summed E-state index contributed by atoms with van der Waals surface area (Å²) in [4.78, 5) is 18.8. The summed E-state index contributed by atoms with van der Waals surface area (Å²) in [7, 11) is 0. The molecule has 0 atom stereocenters. The molecule has 0 bridgehead atoms. The average molecular weight is 302 g/mol. The van der Waals surface area contributed by atoms with Crippen molar-refractivity contribution < 1.29 is 4.42 Å². The zero-order chi connectivity index (χ0) is 15.9. The van der Waals surface area contributed by atoms with Crippen molar-refractivity contribution in [2.45, 2.75) is 53.2 Å². The zero-order valence-corrected chi connectivity index (χ0v) is 13.6. The van der Waals surface area contributed by atoms with Crippen LogP contribution in [-0.4, -0.2) is 26.2 Å². The Kier molecular flexibility index (Phi) is 3.87. The van der Waals surface area contributed by atoms with Crippen molar-refractivity contribution in [2.75, 3.05) is 6.54 Å². The summed E-state index contributed by atoms with van der Waals surface area (Å²) in [6.07, 6.45) is 0.848.